The van der Waals surface area contributed by atoms with E-state index in [0.29, 0.717) is 0 Å². The van der Waals surface area contributed by atoms with Crippen molar-refractivity contribution in [3.63, 3.8) is 0 Å². The van der Waals surface area contributed by atoms with Crippen molar-refractivity contribution in [1.29, 1.82) is 0 Å². The van der Waals surface area contributed by atoms with Crippen molar-refractivity contribution in [3.05, 3.63) is 0 Å². The summed E-state index contributed by atoms with van der Waals surface area (Å²) < 4.78 is 30.9. The van der Waals surface area contributed by atoms with E-state index in [1.165, 1.54) is 0 Å². The maximum Gasteiger partial charge on any atom is 0.214 e. The van der Waals surface area contributed by atoms with Crippen LogP contribution in [0.25, 0.3) is 0 Å². The Bertz CT molecular complexity index is 296. The van der Waals surface area contributed by atoms with E-state index < -0.39 is 21.7 Å². The predicted octanol–water partition coefficient (Wildman–Crippen LogP) is 0.490. The standard InChI is InChI=1S/C10H23NO4S/c1-8(2)15-6-7-16(13,14)11-10(4,5)9(3)12/h8-9,11-12H,6-7H2,1-5H3. The third-order valence-electron chi connectivity index (χ3n) is 2.27. The Morgan fingerprint density at radius 3 is 2.19 bits per heavy atom. The van der Waals surface area contributed by atoms with Crippen LogP contribution in [0.2, 0.25) is 0 Å². The Kier molecular flexibility index (Phi) is 5.89. The van der Waals surface area contributed by atoms with Crippen LogP contribution >= 0.6 is 0 Å². The molecule has 1 unspecified atom stereocenters. The molecule has 5 nitrogen and oxygen atoms in total. The highest BCUT2D eigenvalue weighted by atomic mass is 32.2. The van der Waals surface area contributed by atoms with Crippen molar-refractivity contribution < 1.29 is 18.3 Å². The number of nitrogens with one attached hydrogen (secondary N) is 1. The first kappa shape index (κ1) is 15.8. The number of aliphatic hydroxyl groups excluding tert-OH is 1. The molecule has 0 aliphatic rings. The lowest BCUT2D eigenvalue weighted by Crippen LogP contribution is -2.51. The molecule has 0 spiro atoms. The molecule has 0 bridgehead atoms. The van der Waals surface area contributed by atoms with Crippen molar-refractivity contribution >= 4 is 10.0 Å². The molecule has 0 aliphatic carbocycles. The van der Waals surface area contributed by atoms with Gasteiger partial charge in [-0.25, -0.2) is 13.1 Å². The Balaban J connectivity index is 4.26. The molecule has 0 aliphatic heterocycles. The molecule has 6 heteroatoms. The van der Waals surface area contributed by atoms with Crippen LogP contribution in [0.4, 0.5) is 0 Å². The fraction of sp³-hybridized carbons (Fsp3) is 1.00. The van der Waals surface area contributed by atoms with Crippen LogP contribution < -0.4 is 4.72 Å². The highest BCUT2D eigenvalue weighted by Gasteiger charge is 2.29. The van der Waals surface area contributed by atoms with Gasteiger partial charge in [-0.2, -0.15) is 0 Å². The largest absolute Gasteiger partial charge is 0.391 e. The molecule has 0 aromatic carbocycles. The third kappa shape index (κ3) is 6.42. The molecule has 0 aromatic heterocycles. The second-order valence-corrected chi connectivity index (χ2v) is 6.58. The number of aliphatic hydroxyl groups is 1. The lowest BCUT2D eigenvalue weighted by Gasteiger charge is -2.28. The molecule has 0 rings (SSSR count). The number of hydrogen-bond acceptors (Lipinski definition) is 4. The minimum Gasteiger partial charge on any atom is -0.391 e. The molecule has 1 atom stereocenters. The summed E-state index contributed by atoms with van der Waals surface area (Å²) in [5, 5.41) is 9.40. The molecule has 0 saturated heterocycles. The quantitative estimate of drug-likeness (QED) is 0.692. The summed E-state index contributed by atoms with van der Waals surface area (Å²) in [5.74, 6) is -0.0959. The number of hydrogen-bond donors (Lipinski definition) is 2. The van der Waals surface area contributed by atoms with Gasteiger partial charge in [0.15, 0.2) is 0 Å². The summed E-state index contributed by atoms with van der Waals surface area (Å²) in [7, 11) is -3.41. The molecule has 0 radical (unpaired) electrons. The van der Waals surface area contributed by atoms with E-state index in [-0.39, 0.29) is 18.5 Å². The minimum absolute atomic E-state index is 0.0139. The first-order chi connectivity index (χ1) is 7.07. The fourth-order valence-electron chi connectivity index (χ4n) is 0.931. The number of rotatable bonds is 7. The second-order valence-electron chi connectivity index (χ2n) is 4.74. The van der Waals surface area contributed by atoms with Crippen LogP contribution in [0.1, 0.15) is 34.6 Å². The molecule has 98 valence electrons. The van der Waals surface area contributed by atoms with Gasteiger partial charge in [0.1, 0.15) is 0 Å². The second kappa shape index (κ2) is 5.95. The van der Waals surface area contributed by atoms with Crippen LogP contribution in [-0.4, -0.2) is 43.6 Å². The molecular weight excluding hydrogens is 230 g/mol. The minimum atomic E-state index is -3.41. The van der Waals surface area contributed by atoms with Crippen LogP contribution in [0.15, 0.2) is 0 Å². The summed E-state index contributed by atoms with van der Waals surface area (Å²) >= 11 is 0. The van der Waals surface area contributed by atoms with Gasteiger partial charge in [0.25, 0.3) is 0 Å². The zero-order chi connectivity index (χ0) is 13.0. The van der Waals surface area contributed by atoms with Gasteiger partial charge in [-0.3, -0.25) is 0 Å². The van der Waals surface area contributed by atoms with E-state index in [1.807, 2.05) is 13.8 Å². The Hall–Kier alpha value is -0.170. The van der Waals surface area contributed by atoms with E-state index in [0.717, 1.165) is 0 Å². The van der Waals surface area contributed by atoms with Gasteiger partial charge < -0.3 is 9.84 Å². The van der Waals surface area contributed by atoms with Crippen molar-refractivity contribution in [2.24, 2.45) is 0 Å². The molecule has 16 heavy (non-hydrogen) atoms. The monoisotopic (exact) mass is 253 g/mol. The number of sulfonamides is 1. The predicted molar refractivity (Wildman–Crippen MR) is 63.8 cm³/mol. The van der Waals surface area contributed by atoms with Crippen LogP contribution in [0.5, 0.6) is 0 Å². The average molecular weight is 253 g/mol. The van der Waals surface area contributed by atoms with E-state index in [1.54, 1.807) is 20.8 Å². The van der Waals surface area contributed by atoms with Crippen LogP contribution in [-0.2, 0) is 14.8 Å². The van der Waals surface area contributed by atoms with Crippen molar-refractivity contribution in [1.82, 2.24) is 4.72 Å². The highest BCUT2D eigenvalue weighted by Crippen LogP contribution is 2.10. The first-order valence-corrected chi connectivity index (χ1v) is 7.03. The summed E-state index contributed by atoms with van der Waals surface area (Å²) in [4.78, 5) is 0. The summed E-state index contributed by atoms with van der Waals surface area (Å²) in [6.45, 7) is 8.67. The summed E-state index contributed by atoms with van der Waals surface area (Å²) in [6, 6.07) is 0. The summed E-state index contributed by atoms with van der Waals surface area (Å²) in [6.07, 6.45) is -0.742. The van der Waals surface area contributed by atoms with E-state index in [2.05, 4.69) is 4.72 Å². The molecular formula is C10H23NO4S. The normalized spacial score (nSPS) is 15.4. The first-order valence-electron chi connectivity index (χ1n) is 5.38. The van der Waals surface area contributed by atoms with Gasteiger partial charge in [-0.05, 0) is 34.6 Å². The Morgan fingerprint density at radius 1 is 1.31 bits per heavy atom. The maximum absolute atomic E-state index is 11.6. The topological polar surface area (TPSA) is 75.6 Å². The third-order valence-corrected chi connectivity index (χ3v) is 3.81. The highest BCUT2D eigenvalue weighted by molar-refractivity contribution is 7.89. The van der Waals surface area contributed by atoms with Gasteiger partial charge in [0.2, 0.25) is 10.0 Å². The zero-order valence-corrected chi connectivity index (χ0v) is 11.5. The van der Waals surface area contributed by atoms with Gasteiger partial charge in [-0.1, -0.05) is 0 Å². The van der Waals surface area contributed by atoms with Crippen molar-refractivity contribution in [2.45, 2.75) is 52.4 Å². The van der Waals surface area contributed by atoms with Gasteiger partial charge in [0.05, 0.1) is 30.1 Å². The molecule has 0 amide bonds. The molecule has 0 fully saturated rings. The molecule has 0 heterocycles. The summed E-state index contributed by atoms with van der Waals surface area (Å²) in [5.41, 5.74) is -0.864. The van der Waals surface area contributed by atoms with E-state index in [4.69, 9.17) is 4.74 Å². The van der Waals surface area contributed by atoms with Crippen LogP contribution in [0, 0.1) is 0 Å². The van der Waals surface area contributed by atoms with E-state index >= 15 is 0 Å². The number of ether oxygens (including phenoxy) is 1. The fourth-order valence-corrected chi connectivity index (χ4v) is 2.32. The SMILES string of the molecule is CC(C)OCCS(=O)(=O)NC(C)(C)C(C)O. The average Bonchev–Trinajstić information content (AvgIpc) is 1.99. The van der Waals surface area contributed by atoms with E-state index in [9.17, 15) is 13.5 Å². The lowest BCUT2D eigenvalue weighted by molar-refractivity contribution is 0.0900. The van der Waals surface area contributed by atoms with Gasteiger partial charge in [0, 0.05) is 0 Å². The molecule has 2 N–H and O–H groups in total. The smallest absolute Gasteiger partial charge is 0.214 e. The zero-order valence-electron chi connectivity index (χ0n) is 10.6. The molecule has 0 saturated carbocycles. The van der Waals surface area contributed by atoms with Gasteiger partial charge >= 0.3 is 0 Å². The van der Waals surface area contributed by atoms with Crippen LogP contribution in [0.3, 0.4) is 0 Å². The van der Waals surface area contributed by atoms with Crippen molar-refractivity contribution in [3.8, 4) is 0 Å². The van der Waals surface area contributed by atoms with Crippen molar-refractivity contribution in [2.75, 3.05) is 12.4 Å². The lowest BCUT2D eigenvalue weighted by atomic mass is 10.0. The Labute approximate surface area is 98.2 Å². The molecule has 0 aromatic rings. The maximum atomic E-state index is 11.6. The van der Waals surface area contributed by atoms with Gasteiger partial charge in [-0.15, -0.1) is 0 Å². The Morgan fingerprint density at radius 2 is 1.81 bits per heavy atom.